The summed E-state index contributed by atoms with van der Waals surface area (Å²) in [4.78, 5) is 40.6. The summed E-state index contributed by atoms with van der Waals surface area (Å²) in [5, 5.41) is 2.09. The second-order valence-electron chi connectivity index (χ2n) is 6.18. The van der Waals surface area contributed by atoms with Crippen LogP contribution in [-0.2, 0) is 11.3 Å². The molecule has 0 aliphatic carbocycles. The van der Waals surface area contributed by atoms with Crippen molar-refractivity contribution in [2.24, 2.45) is 5.73 Å². The van der Waals surface area contributed by atoms with Crippen molar-refractivity contribution in [1.82, 2.24) is 20.0 Å². The number of benzene rings is 1. The standard InChI is InChI=1S/C17H25N5O3/c1-13(15(23)19-16(18)24)21-8-10-22(11-9-21)17(25)20(2)12-14-6-4-3-5-7-14/h3-7,13H,8-12H2,1-2H3,(H3,18,19,23,24)/t13-/m1/s1. The van der Waals surface area contributed by atoms with Gasteiger partial charge in [-0.3, -0.25) is 15.0 Å². The number of hydrogen-bond acceptors (Lipinski definition) is 4. The van der Waals surface area contributed by atoms with Gasteiger partial charge in [0.2, 0.25) is 5.91 Å². The van der Waals surface area contributed by atoms with E-state index in [9.17, 15) is 14.4 Å². The molecule has 1 atom stereocenters. The van der Waals surface area contributed by atoms with Gasteiger partial charge in [0, 0.05) is 39.8 Å². The number of nitrogens with two attached hydrogens (primary N) is 1. The monoisotopic (exact) mass is 347 g/mol. The highest BCUT2D eigenvalue weighted by molar-refractivity contribution is 5.96. The normalized spacial score (nSPS) is 16.2. The number of nitrogens with zero attached hydrogens (tertiary/aromatic N) is 3. The molecule has 1 fully saturated rings. The van der Waals surface area contributed by atoms with Gasteiger partial charge in [-0.15, -0.1) is 0 Å². The molecule has 1 aromatic rings. The van der Waals surface area contributed by atoms with Gasteiger partial charge >= 0.3 is 12.1 Å². The molecule has 3 N–H and O–H groups in total. The van der Waals surface area contributed by atoms with Crippen molar-refractivity contribution in [2.45, 2.75) is 19.5 Å². The van der Waals surface area contributed by atoms with Crippen molar-refractivity contribution in [3.63, 3.8) is 0 Å². The van der Waals surface area contributed by atoms with Crippen LogP contribution in [0.4, 0.5) is 9.59 Å². The number of carbonyl (C=O) groups excluding carboxylic acids is 3. The Morgan fingerprint density at radius 2 is 1.76 bits per heavy atom. The smallest absolute Gasteiger partial charge is 0.320 e. The first kappa shape index (κ1) is 18.7. The lowest BCUT2D eigenvalue weighted by atomic mass is 10.2. The predicted octanol–water partition coefficient (Wildman–Crippen LogP) is 0.439. The van der Waals surface area contributed by atoms with Crippen molar-refractivity contribution >= 4 is 18.0 Å². The van der Waals surface area contributed by atoms with Crippen LogP contribution in [0.2, 0.25) is 0 Å². The van der Waals surface area contributed by atoms with E-state index in [2.05, 4.69) is 5.32 Å². The molecule has 8 nitrogen and oxygen atoms in total. The number of amides is 5. The van der Waals surface area contributed by atoms with Gasteiger partial charge in [-0.25, -0.2) is 9.59 Å². The largest absolute Gasteiger partial charge is 0.351 e. The highest BCUT2D eigenvalue weighted by atomic mass is 16.2. The van der Waals surface area contributed by atoms with Crippen molar-refractivity contribution in [1.29, 1.82) is 0 Å². The molecule has 25 heavy (non-hydrogen) atoms. The molecule has 1 aliphatic heterocycles. The van der Waals surface area contributed by atoms with Gasteiger partial charge < -0.3 is 15.5 Å². The van der Waals surface area contributed by atoms with E-state index in [0.717, 1.165) is 5.56 Å². The van der Waals surface area contributed by atoms with E-state index in [1.807, 2.05) is 35.2 Å². The number of hydrogen-bond donors (Lipinski definition) is 2. The van der Waals surface area contributed by atoms with Crippen LogP contribution in [0.3, 0.4) is 0 Å². The molecule has 1 saturated heterocycles. The molecule has 2 rings (SSSR count). The van der Waals surface area contributed by atoms with Crippen LogP contribution in [0.25, 0.3) is 0 Å². The Balaban J connectivity index is 1.83. The second kappa shape index (κ2) is 8.48. The van der Waals surface area contributed by atoms with E-state index in [-0.39, 0.29) is 6.03 Å². The molecule has 8 heteroatoms. The van der Waals surface area contributed by atoms with Crippen LogP contribution in [0.5, 0.6) is 0 Å². The number of urea groups is 2. The van der Waals surface area contributed by atoms with Gasteiger partial charge in [-0.2, -0.15) is 0 Å². The fourth-order valence-electron chi connectivity index (χ4n) is 2.86. The Bertz CT molecular complexity index is 614. The van der Waals surface area contributed by atoms with Crippen LogP contribution in [0.1, 0.15) is 12.5 Å². The van der Waals surface area contributed by atoms with Gasteiger partial charge in [0.15, 0.2) is 0 Å². The summed E-state index contributed by atoms with van der Waals surface area (Å²) in [5.41, 5.74) is 6.05. The van der Waals surface area contributed by atoms with Gasteiger partial charge in [-0.1, -0.05) is 30.3 Å². The number of rotatable bonds is 4. The lowest BCUT2D eigenvalue weighted by molar-refractivity contribution is -0.125. The molecule has 0 bridgehead atoms. The van der Waals surface area contributed by atoms with Gasteiger partial charge in [-0.05, 0) is 12.5 Å². The number of nitrogens with one attached hydrogen (secondary N) is 1. The first-order valence-electron chi connectivity index (χ1n) is 8.27. The van der Waals surface area contributed by atoms with E-state index >= 15 is 0 Å². The Morgan fingerprint density at radius 3 is 2.32 bits per heavy atom. The minimum atomic E-state index is -0.854. The molecule has 0 spiro atoms. The molecule has 0 aromatic heterocycles. The summed E-state index contributed by atoms with van der Waals surface area (Å²) in [6.45, 7) is 4.48. The number of carbonyl (C=O) groups is 3. The Kier molecular flexibility index (Phi) is 6.35. The minimum absolute atomic E-state index is 0.0299. The molecule has 5 amide bonds. The van der Waals surface area contributed by atoms with Crippen molar-refractivity contribution in [2.75, 3.05) is 33.2 Å². The predicted molar refractivity (Wildman–Crippen MR) is 93.6 cm³/mol. The fraction of sp³-hybridized carbons (Fsp3) is 0.471. The fourth-order valence-corrected chi connectivity index (χ4v) is 2.86. The van der Waals surface area contributed by atoms with Crippen LogP contribution < -0.4 is 11.1 Å². The minimum Gasteiger partial charge on any atom is -0.351 e. The first-order chi connectivity index (χ1) is 11.9. The molecule has 1 heterocycles. The van der Waals surface area contributed by atoms with Crippen LogP contribution in [0.15, 0.2) is 30.3 Å². The summed E-state index contributed by atoms with van der Waals surface area (Å²) >= 11 is 0. The van der Waals surface area contributed by atoms with E-state index < -0.39 is 18.0 Å². The molecule has 0 saturated carbocycles. The first-order valence-corrected chi connectivity index (χ1v) is 8.27. The average molecular weight is 347 g/mol. The van der Waals surface area contributed by atoms with E-state index in [1.54, 1.807) is 23.8 Å². The lowest BCUT2D eigenvalue weighted by Crippen LogP contribution is -2.57. The molecular formula is C17H25N5O3. The zero-order valence-corrected chi connectivity index (χ0v) is 14.6. The maximum atomic E-state index is 12.6. The molecule has 1 aromatic carbocycles. The quantitative estimate of drug-likeness (QED) is 0.825. The molecule has 0 radical (unpaired) electrons. The molecule has 0 unspecified atom stereocenters. The van der Waals surface area contributed by atoms with Crippen molar-refractivity contribution < 1.29 is 14.4 Å². The van der Waals surface area contributed by atoms with E-state index in [0.29, 0.717) is 32.7 Å². The second-order valence-corrected chi connectivity index (χ2v) is 6.18. The number of primary amides is 1. The third-order valence-electron chi connectivity index (χ3n) is 4.35. The topological polar surface area (TPSA) is 99.0 Å². The third kappa shape index (κ3) is 5.18. The van der Waals surface area contributed by atoms with E-state index in [1.165, 1.54) is 0 Å². The SMILES string of the molecule is C[C@H](C(=O)NC(N)=O)N1CCN(C(=O)N(C)Cc2ccccc2)CC1. The summed E-state index contributed by atoms with van der Waals surface area (Å²) in [6, 6.07) is 8.47. The average Bonchev–Trinajstić information content (AvgIpc) is 2.60. The summed E-state index contributed by atoms with van der Waals surface area (Å²) in [6.07, 6.45) is 0. The number of piperazine rings is 1. The summed E-state index contributed by atoms with van der Waals surface area (Å²) in [7, 11) is 1.78. The maximum Gasteiger partial charge on any atom is 0.320 e. The van der Waals surface area contributed by atoms with Gasteiger partial charge in [0.05, 0.1) is 6.04 Å². The van der Waals surface area contributed by atoms with Crippen LogP contribution in [0, 0.1) is 0 Å². The number of imide groups is 1. The van der Waals surface area contributed by atoms with Gasteiger partial charge in [0.1, 0.15) is 0 Å². The zero-order chi connectivity index (χ0) is 18.4. The zero-order valence-electron chi connectivity index (χ0n) is 14.6. The van der Waals surface area contributed by atoms with E-state index in [4.69, 9.17) is 5.73 Å². The van der Waals surface area contributed by atoms with Crippen molar-refractivity contribution in [3.8, 4) is 0 Å². The lowest BCUT2D eigenvalue weighted by Gasteiger charge is -2.38. The van der Waals surface area contributed by atoms with Gasteiger partial charge in [0.25, 0.3) is 0 Å². The molecule has 136 valence electrons. The highest BCUT2D eigenvalue weighted by Crippen LogP contribution is 2.10. The molecule has 1 aliphatic rings. The van der Waals surface area contributed by atoms with Crippen LogP contribution >= 0.6 is 0 Å². The Labute approximate surface area is 147 Å². The summed E-state index contributed by atoms with van der Waals surface area (Å²) < 4.78 is 0. The third-order valence-corrected chi connectivity index (χ3v) is 4.35. The summed E-state index contributed by atoms with van der Waals surface area (Å²) in [5.74, 6) is -0.423. The Morgan fingerprint density at radius 1 is 1.16 bits per heavy atom. The maximum absolute atomic E-state index is 12.6. The van der Waals surface area contributed by atoms with Crippen molar-refractivity contribution in [3.05, 3.63) is 35.9 Å². The Hall–Kier alpha value is -2.61. The van der Waals surface area contributed by atoms with Crippen LogP contribution in [-0.4, -0.2) is 71.9 Å². The molecular weight excluding hydrogens is 322 g/mol. The highest BCUT2D eigenvalue weighted by Gasteiger charge is 2.29.